The topological polar surface area (TPSA) is 38.4 Å². The molecule has 0 saturated heterocycles. The summed E-state index contributed by atoms with van der Waals surface area (Å²) >= 11 is 0. The fourth-order valence-corrected chi connectivity index (χ4v) is 0.902. The lowest BCUT2D eigenvalue weighted by Gasteiger charge is -2.00. The van der Waals surface area contributed by atoms with Gasteiger partial charge in [0.05, 0.1) is 13.0 Å². The monoisotopic (exact) mass is 148 g/mol. The average Bonchev–Trinajstić information content (AvgIpc) is 2.07. The van der Waals surface area contributed by atoms with Crippen LogP contribution in [0.1, 0.15) is 19.3 Å². The molecule has 1 rings (SSSR count). The van der Waals surface area contributed by atoms with E-state index in [0.717, 1.165) is 25.0 Å². The summed E-state index contributed by atoms with van der Waals surface area (Å²) in [4.78, 5) is 4.19. The third-order valence-electron chi connectivity index (χ3n) is 1.43. The first-order valence-corrected chi connectivity index (χ1v) is 3.81. The molecule has 0 atom stereocenters. The van der Waals surface area contributed by atoms with Crippen LogP contribution in [0.3, 0.4) is 0 Å². The second kappa shape index (κ2) is 4.70. The van der Waals surface area contributed by atoms with Gasteiger partial charge < -0.3 is 5.73 Å². The van der Waals surface area contributed by atoms with Crippen molar-refractivity contribution in [1.82, 2.24) is 0 Å². The first kappa shape index (κ1) is 8.03. The summed E-state index contributed by atoms with van der Waals surface area (Å²) in [6, 6.07) is 0. The summed E-state index contributed by atoms with van der Waals surface area (Å²) in [7, 11) is 0. The molecule has 1 heterocycles. The van der Waals surface area contributed by atoms with Crippen molar-refractivity contribution in [3.8, 4) is 11.8 Å². The molecule has 0 aromatic heterocycles. The van der Waals surface area contributed by atoms with E-state index < -0.39 is 0 Å². The average molecular weight is 148 g/mol. The third kappa shape index (κ3) is 3.01. The number of nitrogens with two attached hydrogens (primary N) is 1. The normalized spacial score (nSPS) is 15.2. The number of nitrogens with zero attached hydrogens (tertiary/aromatic N) is 1. The largest absolute Gasteiger partial charge is 0.320 e. The highest BCUT2D eigenvalue weighted by Gasteiger charge is 1.94. The molecule has 0 aromatic carbocycles. The van der Waals surface area contributed by atoms with Gasteiger partial charge in [0.15, 0.2) is 0 Å². The second-order valence-corrected chi connectivity index (χ2v) is 2.32. The minimum absolute atomic E-state index is 0.441. The van der Waals surface area contributed by atoms with Gasteiger partial charge in [-0.2, -0.15) is 0 Å². The highest BCUT2D eigenvalue weighted by atomic mass is 14.7. The lowest BCUT2D eigenvalue weighted by atomic mass is 10.2. The first-order chi connectivity index (χ1) is 5.43. The molecule has 0 fully saturated rings. The van der Waals surface area contributed by atoms with Gasteiger partial charge >= 0.3 is 0 Å². The summed E-state index contributed by atoms with van der Waals surface area (Å²) in [5, 5.41) is 0. The van der Waals surface area contributed by atoms with Crippen molar-refractivity contribution < 1.29 is 0 Å². The van der Waals surface area contributed by atoms with Crippen LogP contribution in [0.4, 0.5) is 0 Å². The Morgan fingerprint density at radius 3 is 3.00 bits per heavy atom. The van der Waals surface area contributed by atoms with E-state index in [1.165, 1.54) is 0 Å². The van der Waals surface area contributed by atoms with Gasteiger partial charge in [-0.15, -0.1) is 0 Å². The van der Waals surface area contributed by atoms with Gasteiger partial charge in [0, 0.05) is 11.9 Å². The van der Waals surface area contributed by atoms with Crippen molar-refractivity contribution in [3.63, 3.8) is 0 Å². The van der Waals surface area contributed by atoms with E-state index in [1.54, 1.807) is 0 Å². The van der Waals surface area contributed by atoms with Crippen LogP contribution in [0.5, 0.6) is 0 Å². The van der Waals surface area contributed by atoms with Crippen molar-refractivity contribution in [2.75, 3.05) is 6.54 Å². The van der Waals surface area contributed by atoms with Crippen molar-refractivity contribution in [2.24, 2.45) is 10.7 Å². The zero-order valence-corrected chi connectivity index (χ0v) is 6.51. The van der Waals surface area contributed by atoms with E-state index in [1.807, 2.05) is 6.21 Å². The Kier molecular flexibility index (Phi) is 3.43. The Morgan fingerprint density at radius 1 is 1.45 bits per heavy atom. The molecule has 0 amide bonds. The van der Waals surface area contributed by atoms with E-state index in [4.69, 9.17) is 5.73 Å². The predicted molar refractivity (Wildman–Crippen MR) is 47.3 cm³/mol. The van der Waals surface area contributed by atoms with Crippen LogP contribution in [0.25, 0.3) is 0 Å². The number of hydrogen-bond donors (Lipinski definition) is 1. The quantitative estimate of drug-likeness (QED) is 0.555. The van der Waals surface area contributed by atoms with E-state index >= 15 is 0 Å². The Hall–Kier alpha value is -1.07. The van der Waals surface area contributed by atoms with E-state index in [9.17, 15) is 0 Å². The van der Waals surface area contributed by atoms with Crippen LogP contribution in [0.15, 0.2) is 16.8 Å². The van der Waals surface area contributed by atoms with Crippen LogP contribution in [-0.2, 0) is 0 Å². The van der Waals surface area contributed by atoms with Crippen molar-refractivity contribution in [1.29, 1.82) is 0 Å². The minimum Gasteiger partial charge on any atom is -0.320 e. The van der Waals surface area contributed by atoms with E-state index in [0.29, 0.717) is 6.54 Å². The standard InChI is InChI=1S/C9H12N2/c10-7-3-1-5-9-6-2-4-8-11-9/h6,8H,2,4-5,7,10H2. The molecule has 2 heteroatoms. The van der Waals surface area contributed by atoms with Gasteiger partial charge in [-0.3, -0.25) is 4.99 Å². The lowest BCUT2D eigenvalue weighted by molar-refractivity contribution is 1.02. The van der Waals surface area contributed by atoms with Gasteiger partial charge in [-0.1, -0.05) is 17.9 Å². The fourth-order valence-electron chi connectivity index (χ4n) is 0.902. The molecule has 1 aliphatic heterocycles. The molecule has 11 heavy (non-hydrogen) atoms. The molecule has 1 aliphatic rings. The van der Waals surface area contributed by atoms with Crippen LogP contribution in [0.2, 0.25) is 0 Å². The molecule has 0 unspecified atom stereocenters. The smallest absolute Gasteiger partial charge is 0.0551 e. The lowest BCUT2D eigenvalue weighted by Crippen LogP contribution is -1.93. The summed E-state index contributed by atoms with van der Waals surface area (Å²) in [5.74, 6) is 5.76. The number of allylic oxidation sites excluding steroid dienone is 2. The molecule has 2 N–H and O–H groups in total. The maximum Gasteiger partial charge on any atom is 0.0551 e. The molecule has 2 nitrogen and oxygen atoms in total. The summed E-state index contributed by atoms with van der Waals surface area (Å²) in [5.41, 5.74) is 6.29. The van der Waals surface area contributed by atoms with E-state index in [2.05, 4.69) is 22.9 Å². The molecule has 0 saturated carbocycles. The summed E-state index contributed by atoms with van der Waals surface area (Å²) in [6.07, 6.45) is 6.98. The number of aliphatic imine (C=N–C) groups is 1. The third-order valence-corrected chi connectivity index (χ3v) is 1.43. The van der Waals surface area contributed by atoms with Gasteiger partial charge in [-0.05, 0) is 12.8 Å². The Bertz CT molecular complexity index is 228. The minimum atomic E-state index is 0.441. The Morgan fingerprint density at radius 2 is 2.36 bits per heavy atom. The van der Waals surface area contributed by atoms with Crippen LogP contribution < -0.4 is 5.73 Å². The zero-order chi connectivity index (χ0) is 7.94. The molecule has 0 aromatic rings. The van der Waals surface area contributed by atoms with Crippen molar-refractivity contribution in [2.45, 2.75) is 19.3 Å². The molecule has 0 spiro atoms. The highest BCUT2D eigenvalue weighted by Crippen LogP contribution is 2.08. The maximum absolute atomic E-state index is 5.21. The fraction of sp³-hybridized carbons (Fsp3) is 0.444. The van der Waals surface area contributed by atoms with Crippen LogP contribution in [0, 0.1) is 11.8 Å². The molecular formula is C9H12N2. The number of rotatable bonds is 1. The van der Waals surface area contributed by atoms with E-state index in [-0.39, 0.29) is 0 Å². The SMILES string of the molecule is NCC#CCC1=CCCC=N1. The first-order valence-electron chi connectivity index (χ1n) is 3.81. The Balaban J connectivity index is 2.37. The molecule has 0 aliphatic carbocycles. The molecular weight excluding hydrogens is 136 g/mol. The van der Waals surface area contributed by atoms with Gasteiger partial charge in [0.2, 0.25) is 0 Å². The molecule has 58 valence electrons. The van der Waals surface area contributed by atoms with Crippen LogP contribution >= 0.6 is 0 Å². The van der Waals surface area contributed by atoms with Crippen molar-refractivity contribution >= 4 is 6.21 Å². The highest BCUT2D eigenvalue weighted by molar-refractivity contribution is 5.60. The van der Waals surface area contributed by atoms with Gasteiger partial charge in [0.25, 0.3) is 0 Å². The molecule has 0 radical (unpaired) electrons. The number of hydrogen-bond acceptors (Lipinski definition) is 2. The Labute approximate surface area is 67.2 Å². The summed E-state index contributed by atoms with van der Waals surface area (Å²) < 4.78 is 0. The zero-order valence-electron chi connectivity index (χ0n) is 6.51. The maximum atomic E-state index is 5.21. The second-order valence-electron chi connectivity index (χ2n) is 2.32. The summed E-state index contributed by atoms with van der Waals surface area (Å²) in [6.45, 7) is 0.441. The molecule has 0 bridgehead atoms. The van der Waals surface area contributed by atoms with Gasteiger partial charge in [-0.25, -0.2) is 0 Å². The van der Waals surface area contributed by atoms with Gasteiger partial charge in [0.1, 0.15) is 0 Å². The van der Waals surface area contributed by atoms with Crippen LogP contribution in [-0.4, -0.2) is 12.8 Å². The van der Waals surface area contributed by atoms with Crippen molar-refractivity contribution in [3.05, 3.63) is 11.8 Å². The predicted octanol–water partition coefficient (Wildman–Crippen LogP) is 1.09.